The minimum absolute atomic E-state index is 0.0694. The molecule has 6 heteroatoms. The number of hydrogen-bond donors (Lipinski definition) is 3. The predicted molar refractivity (Wildman–Crippen MR) is 65.2 cm³/mol. The van der Waals surface area contributed by atoms with E-state index in [0.717, 1.165) is 0 Å². The van der Waals surface area contributed by atoms with Crippen molar-refractivity contribution in [1.82, 2.24) is 10.6 Å². The molecule has 0 saturated heterocycles. The van der Waals surface area contributed by atoms with E-state index in [4.69, 9.17) is 9.52 Å². The third-order valence-corrected chi connectivity index (χ3v) is 2.37. The lowest BCUT2D eigenvalue weighted by Gasteiger charge is -2.15. The van der Waals surface area contributed by atoms with Gasteiger partial charge in [0.25, 0.3) is 0 Å². The van der Waals surface area contributed by atoms with Crippen molar-refractivity contribution in [3.05, 3.63) is 23.7 Å². The van der Waals surface area contributed by atoms with Crippen molar-refractivity contribution < 1.29 is 19.1 Å². The lowest BCUT2D eigenvalue weighted by molar-refractivity contribution is -0.123. The van der Waals surface area contributed by atoms with Gasteiger partial charge in [0.2, 0.25) is 5.91 Å². The summed E-state index contributed by atoms with van der Waals surface area (Å²) in [4.78, 5) is 22.5. The van der Waals surface area contributed by atoms with Crippen LogP contribution in [-0.2, 0) is 11.3 Å². The zero-order valence-corrected chi connectivity index (χ0v) is 10.7. The summed E-state index contributed by atoms with van der Waals surface area (Å²) in [6.45, 7) is 5.65. The van der Waals surface area contributed by atoms with Gasteiger partial charge in [-0.15, -0.1) is 0 Å². The molecule has 0 radical (unpaired) electrons. The van der Waals surface area contributed by atoms with Crippen LogP contribution in [-0.4, -0.2) is 29.1 Å². The second-order valence-corrected chi connectivity index (χ2v) is 4.33. The average molecular weight is 254 g/mol. The molecule has 0 fully saturated rings. The van der Waals surface area contributed by atoms with Gasteiger partial charge in [0.1, 0.15) is 11.3 Å². The van der Waals surface area contributed by atoms with E-state index in [2.05, 4.69) is 10.6 Å². The Kier molecular flexibility index (Phi) is 4.91. The molecule has 1 heterocycles. The summed E-state index contributed by atoms with van der Waals surface area (Å²) >= 11 is 0. The van der Waals surface area contributed by atoms with Gasteiger partial charge < -0.3 is 14.8 Å². The third-order valence-electron chi connectivity index (χ3n) is 2.37. The van der Waals surface area contributed by atoms with Gasteiger partial charge in [-0.2, -0.15) is 0 Å². The van der Waals surface area contributed by atoms with E-state index in [1.54, 1.807) is 6.92 Å². The van der Waals surface area contributed by atoms with E-state index in [1.807, 2.05) is 13.8 Å². The minimum Gasteiger partial charge on any atom is -0.478 e. The Morgan fingerprint density at radius 2 is 2.06 bits per heavy atom. The van der Waals surface area contributed by atoms with Crippen LogP contribution in [0.5, 0.6) is 0 Å². The van der Waals surface area contributed by atoms with Crippen LogP contribution >= 0.6 is 0 Å². The molecule has 6 nitrogen and oxygen atoms in total. The fourth-order valence-corrected chi connectivity index (χ4v) is 1.42. The Hall–Kier alpha value is -1.82. The van der Waals surface area contributed by atoms with Gasteiger partial charge in [0, 0.05) is 6.04 Å². The van der Waals surface area contributed by atoms with Crippen LogP contribution in [0, 0.1) is 0 Å². The van der Waals surface area contributed by atoms with Crippen molar-refractivity contribution in [3.8, 4) is 0 Å². The van der Waals surface area contributed by atoms with Gasteiger partial charge in [-0.1, -0.05) is 0 Å². The molecule has 1 rings (SSSR count). The molecule has 1 atom stereocenters. The van der Waals surface area contributed by atoms with Gasteiger partial charge in [-0.3, -0.25) is 10.1 Å². The highest BCUT2D eigenvalue weighted by atomic mass is 16.4. The van der Waals surface area contributed by atoms with Crippen LogP contribution in [0.25, 0.3) is 0 Å². The maximum absolute atomic E-state index is 11.6. The summed E-state index contributed by atoms with van der Waals surface area (Å²) in [5, 5.41) is 14.6. The smallest absolute Gasteiger partial charge is 0.339 e. The Bertz CT molecular complexity index is 425. The lowest BCUT2D eigenvalue weighted by atomic mass is 10.2. The summed E-state index contributed by atoms with van der Waals surface area (Å²) in [6, 6.07) is 1.04. The lowest BCUT2D eigenvalue weighted by Crippen LogP contribution is -2.44. The molecule has 100 valence electrons. The standard InChI is InChI=1S/C12H18N2O4/c1-7(2)14-11(15)8(3)13-6-10-9(12(16)17)4-5-18-10/h4-5,7-8,13H,6H2,1-3H3,(H,14,15)(H,16,17). The van der Waals surface area contributed by atoms with Crippen molar-refractivity contribution >= 4 is 11.9 Å². The Morgan fingerprint density at radius 1 is 1.39 bits per heavy atom. The molecule has 3 N–H and O–H groups in total. The van der Waals surface area contributed by atoms with Crippen molar-refractivity contribution in [1.29, 1.82) is 0 Å². The molecule has 1 aromatic rings. The van der Waals surface area contributed by atoms with E-state index in [0.29, 0.717) is 5.76 Å². The summed E-state index contributed by atoms with van der Waals surface area (Å²) in [5.41, 5.74) is 0.110. The fraction of sp³-hybridized carbons (Fsp3) is 0.500. The monoisotopic (exact) mass is 254 g/mol. The number of furan rings is 1. The summed E-state index contributed by atoms with van der Waals surface area (Å²) < 4.78 is 5.06. The number of rotatable bonds is 6. The predicted octanol–water partition coefficient (Wildman–Crippen LogP) is 0.980. The highest BCUT2D eigenvalue weighted by molar-refractivity contribution is 5.88. The van der Waals surface area contributed by atoms with Crippen LogP contribution in [0.2, 0.25) is 0 Å². The molecule has 0 aliphatic heterocycles. The van der Waals surface area contributed by atoms with Gasteiger partial charge in [0.05, 0.1) is 18.8 Å². The van der Waals surface area contributed by atoms with Gasteiger partial charge in [-0.25, -0.2) is 4.79 Å². The van der Waals surface area contributed by atoms with Crippen LogP contribution in [0.1, 0.15) is 36.9 Å². The zero-order chi connectivity index (χ0) is 13.7. The van der Waals surface area contributed by atoms with E-state index >= 15 is 0 Å². The first kappa shape index (κ1) is 14.2. The molecule has 1 unspecified atom stereocenters. The molecule has 0 spiro atoms. The van der Waals surface area contributed by atoms with Crippen LogP contribution in [0.15, 0.2) is 16.7 Å². The van der Waals surface area contributed by atoms with Gasteiger partial charge >= 0.3 is 5.97 Å². The highest BCUT2D eigenvalue weighted by Crippen LogP contribution is 2.10. The normalized spacial score (nSPS) is 12.4. The molecule has 0 bridgehead atoms. The number of hydrogen-bond acceptors (Lipinski definition) is 4. The molecule has 1 aromatic heterocycles. The zero-order valence-electron chi connectivity index (χ0n) is 10.7. The first-order valence-electron chi connectivity index (χ1n) is 5.75. The van der Waals surface area contributed by atoms with Crippen LogP contribution in [0.4, 0.5) is 0 Å². The maximum atomic E-state index is 11.6. The number of aromatic carboxylic acids is 1. The molecule has 0 saturated carbocycles. The number of carboxylic acids is 1. The molecular formula is C12H18N2O4. The average Bonchev–Trinajstić information content (AvgIpc) is 2.72. The summed E-state index contributed by atoms with van der Waals surface area (Å²) in [6.07, 6.45) is 1.32. The first-order valence-corrected chi connectivity index (χ1v) is 5.75. The van der Waals surface area contributed by atoms with Crippen molar-refractivity contribution in [2.75, 3.05) is 0 Å². The number of nitrogens with one attached hydrogen (secondary N) is 2. The Labute approximate surface area is 105 Å². The number of amides is 1. The van der Waals surface area contributed by atoms with Crippen LogP contribution in [0.3, 0.4) is 0 Å². The second-order valence-electron chi connectivity index (χ2n) is 4.33. The molecular weight excluding hydrogens is 236 g/mol. The van der Waals surface area contributed by atoms with Gasteiger partial charge in [-0.05, 0) is 26.8 Å². The molecule has 1 amide bonds. The second kappa shape index (κ2) is 6.20. The summed E-state index contributed by atoms with van der Waals surface area (Å²) in [7, 11) is 0. The van der Waals surface area contributed by atoms with Crippen LogP contribution < -0.4 is 10.6 Å². The quantitative estimate of drug-likeness (QED) is 0.704. The summed E-state index contributed by atoms with van der Waals surface area (Å²) in [5.74, 6) is -0.861. The third kappa shape index (κ3) is 3.89. The minimum atomic E-state index is -1.04. The molecule has 18 heavy (non-hydrogen) atoms. The molecule has 0 aliphatic rings. The highest BCUT2D eigenvalue weighted by Gasteiger charge is 2.17. The Balaban J connectivity index is 2.52. The largest absolute Gasteiger partial charge is 0.478 e. The van der Waals surface area contributed by atoms with E-state index in [-0.39, 0.29) is 24.1 Å². The van der Waals surface area contributed by atoms with Crippen molar-refractivity contribution in [2.24, 2.45) is 0 Å². The topological polar surface area (TPSA) is 91.6 Å². The SMILES string of the molecule is CC(C)NC(=O)C(C)NCc1occc1C(=O)O. The maximum Gasteiger partial charge on any atom is 0.339 e. The van der Waals surface area contributed by atoms with E-state index in [1.165, 1.54) is 12.3 Å². The number of carbonyl (C=O) groups is 2. The molecule has 0 aliphatic carbocycles. The van der Waals surface area contributed by atoms with Crippen molar-refractivity contribution in [3.63, 3.8) is 0 Å². The van der Waals surface area contributed by atoms with Gasteiger partial charge in [0.15, 0.2) is 0 Å². The first-order chi connectivity index (χ1) is 8.41. The van der Waals surface area contributed by atoms with Crippen molar-refractivity contribution in [2.45, 2.75) is 39.4 Å². The van der Waals surface area contributed by atoms with E-state index < -0.39 is 12.0 Å². The number of carbonyl (C=O) groups excluding carboxylic acids is 1. The molecule has 0 aromatic carbocycles. The Morgan fingerprint density at radius 3 is 2.61 bits per heavy atom. The van der Waals surface area contributed by atoms with E-state index in [9.17, 15) is 9.59 Å². The number of carboxylic acid groups (broad SMARTS) is 1. The fourth-order valence-electron chi connectivity index (χ4n) is 1.42.